The maximum absolute atomic E-state index is 11.6. The van der Waals surface area contributed by atoms with Gasteiger partial charge in [0.05, 0.1) is 5.69 Å². The minimum absolute atomic E-state index is 0.0995. The molecule has 4 heteroatoms. The van der Waals surface area contributed by atoms with Crippen molar-refractivity contribution in [3.8, 4) is 0 Å². The largest absolute Gasteiger partial charge is 0.325 e. The van der Waals surface area contributed by atoms with Crippen molar-refractivity contribution in [2.24, 2.45) is 0 Å². The summed E-state index contributed by atoms with van der Waals surface area (Å²) in [6.07, 6.45) is 4.57. The van der Waals surface area contributed by atoms with Gasteiger partial charge in [0.1, 0.15) is 0 Å². The van der Waals surface area contributed by atoms with Gasteiger partial charge >= 0.3 is 0 Å². The monoisotopic (exact) mass is 301 g/mol. The van der Waals surface area contributed by atoms with Crippen LogP contribution in [-0.4, -0.2) is 17.5 Å². The molecule has 88 valence electrons. The number of benzene rings is 1. The van der Waals surface area contributed by atoms with Crippen molar-refractivity contribution in [3.05, 3.63) is 24.3 Å². The van der Waals surface area contributed by atoms with E-state index in [0.29, 0.717) is 6.42 Å². The van der Waals surface area contributed by atoms with Gasteiger partial charge in [-0.3, -0.25) is 4.79 Å². The number of hydrogen-bond donors (Lipinski definition) is 1. The molecule has 0 aromatic heterocycles. The fraction of sp³-hybridized carbons (Fsp3) is 0.417. The van der Waals surface area contributed by atoms with Gasteiger partial charge < -0.3 is 5.32 Å². The van der Waals surface area contributed by atoms with Gasteiger partial charge in [-0.25, -0.2) is 0 Å². The molecular formula is C12H16BrNOS. The van der Waals surface area contributed by atoms with E-state index in [1.807, 2.05) is 30.5 Å². The molecule has 0 radical (unpaired) electrons. The minimum Gasteiger partial charge on any atom is -0.325 e. The van der Waals surface area contributed by atoms with Crippen molar-refractivity contribution in [2.75, 3.05) is 16.9 Å². The van der Waals surface area contributed by atoms with Gasteiger partial charge in [-0.2, -0.15) is 0 Å². The second kappa shape index (κ2) is 7.74. The number of halogens is 1. The van der Waals surface area contributed by atoms with E-state index in [-0.39, 0.29) is 5.91 Å². The Kier molecular flexibility index (Phi) is 6.57. The van der Waals surface area contributed by atoms with Crippen LogP contribution in [0.2, 0.25) is 0 Å². The molecule has 0 unspecified atom stereocenters. The Hall–Kier alpha value is -0.480. The lowest BCUT2D eigenvalue weighted by atomic mass is 10.2. The molecule has 0 spiro atoms. The molecule has 1 N–H and O–H groups in total. The van der Waals surface area contributed by atoms with E-state index in [4.69, 9.17) is 0 Å². The fourth-order valence-corrected chi connectivity index (χ4v) is 2.29. The number of unbranched alkanes of at least 4 members (excludes halogenated alkanes) is 1. The minimum atomic E-state index is 0.0995. The summed E-state index contributed by atoms with van der Waals surface area (Å²) in [5.74, 6) is 0.0995. The molecule has 1 rings (SSSR count). The van der Waals surface area contributed by atoms with Crippen LogP contribution in [0, 0.1) is 0 Å². The first-order valence-corrected chi connectivity index (χ1v) is 7.61. The SMILES string of the molecule is CSc1ccccc1NC(=O)CCCCBr. The Morgan fingerprint density at radius 1 is 1.38 bits per heavy atom. The lowest BCUT2D eigenvalue weighted by molar-refractivity contribution is -0.116. The van der Waals surface area contributed by atoms with E-state index < -0.39 is 0 Å². The van der Waals surface area contributed by atoms with E-state index in [0.717, 1.165) is 28.8 Å². The zero-order chi connectivity index (χ0) is 11.8. The van der Waals surface area contributed by atoms with Crippen LogP contribution in [0.3, 0.4) is 0 Å². The Morgan fingerprint density at radius 2 is 2.12 bits per heavy atom. The lowest BCUT2D eigenvalue weighted by Crippen LogP contribution is -2.11. The zero-order valence-corrected chi connectivity index (χ0v) is 11.7. The third-order valence-electron chi connectivity index (χ3n) is 2.17. The summed E-state index contributed by atoms with van der Waals surface area (Å²) >= 11 is 5.00. The van der Waals surface area contributed by atoms with Crippen molar-refractivity contribution < 1.29 is 4.79 Å². The van der Waals surface area contributed by atoms with Crippen LogP contribution in [-0.2, 0) is 4.79 Å². The van der Waals surface area contributed by atoms with E-state index in [9.17, 15) is 4.79 Å². The number of amides is 1. The second-order valence-corrected chi connectivity index (χ2v) is 5.04. The smallest absolute Gasteiger partial charge is 0.224 e. The number of alkyl halides is 1. The second-order valence-electron chi connectivity index (χ2n) is 3.39. The molecule has 0 heterocycles. The van der Waals surface area contributed by atoms with Crippen LogP contribution in [0.5, 0.6) is 0 Å². The predicted molar refractivity (Wildman–Crippen MR) is 74.5 cm³/mol. The van der Waals surface area contributed by atoms with Gasteiger partial charge in [-0.1, -0.05) is 28.1 Å². The van der Waals surface area contributed by atoms with Gasteiger partial charge in [0.15, 0.2) is 0 Å². The summed E-state index contributed by atoms with van der Waals surface area (Å²) in [5, 5.41) is 3.91. The van der Waals surface area contributed by atoms with E-state index in [1.54, 1.807) is 11.8 Å². The third-order valence-corrected chi connectivity index (χ3v) is 3.53. The molecule has 0 saturated heterocycles. The number of anilines is 1. The third kappa shape index (κ3) is 4.58. The normalized spacial score (nSPS) is 10.1. The molecule has 0 atom stereocenters. The Bertz CT molecular complexity index is 344. The van der Waals surface area contributed by atoms with Crippen LogP contribution < -0.4 is 5.32 Å². The molecule has 1 aromatic carbocycles. The molecule has 0 aliphatic rings. The summed E-state index contributed by atoms with van der Waals surface area (Å²) < 4.78 is 0. The first-order chi connectivity index (χ1) is 7.77. The molecule has 1 aromatic rings. The Labute approximate surface area is 109 Å². The van der Waals surface area contributed by atoms with Crippen molar-refractivity contribution in [3.63, 3.8) is 0 Å². The number of thioether (sulfide) groups is 1. The molecule has 16 heavy (non-hydrogen) atoms. The molecule has 2 nitrogen and oxygen atoms in total. The lowest BCUT2D eigenvalue weighted by Gasteiger charge is -2.08. The van der Waals surface area contributed by atoms with Crippen LogP contribution in [0.25, 0.3) is 0 Å². The van der Waals surface area contributed by atoms with E-state index in [2.05, 4.69) is 21.2 Å². The number of carbonyl (C=O) groups is 1. The highest BCUT2D eigenvalue weighted by Gasteiger charge is 2.05. The molecule has 0 bridgehead atoms. The number of para-hydroxylation sites is 1. The topological polar surface area (TPSA) is 29.1 Å². The molecule has 0 fully saturated rings. The van der Waals surface area contributed by atoms with Gasteiger partial charge in [0.2, 0.25) is 5.91 Å². The molecule has 0 aliphatic heterocycles. The van der Waals surface area contributed by atoms with Crippen molar-refractivity contribution in [2.45, 2.75) is 24.2 Å². The average Bonchev–Trinajstić information content (AvgIpc) is 2.30. The fourth-order valence-electron chi connectivity index (χ4n) is 1.34. The number of carbonyl (C=O) groups excluding carboxylic acids is 1. The summed E-state index contributed by atoms with van der Waals surface area (Å²) in [6.45, 7) is 0. The van der Waals surface area contributed by atoms with Crippen molar-refractivity contribution in [1.29, 1.82) is 0 Å². The van der Waals surface area contributed by atoms with Crippen molar-refractivity contribution in [1.82, 2.24) is 0 Å². The molecule has 0 aliphatic carbocycles. The number of nitrogens with one attached hydrogen (secondary N) is 1. The average molecular weight is 302 g/mol. The summed E-state index contributed by atoms with van der Waals surface area (Å²) in [5.41, 5.74) is 0.916. The number of rotatable bonds is 6. The van der Waals surface area contributed by atoms with Crippen molar-refractivity contribution >= 4 is 39.3 Å². The Morgan fingerprint density at radius 3 is 2.81 bits per heavy atom. The van der Waals surface area contributed by atoms with Gasteiger partial charge in [0, 0.05) is 16.6 Å². The van der Waals surface area contributed by atoms with E-state index in [1.165, 1.54) is 0 Å². The summed E-state index contributed by atoms with van der Waals surface area (Å²) in [7, 11) is 0. The van der Waals surface area contributed by atoms with Gasteiger partial charge in [-0.05, 0) is 31.2 Å². The standard InChI is InChI=1S/C12H16BrNOS/c1-16-11-7-3-2-6-10(11)14-12(15)8-4-5-9-13/h2-3,6-7H,4-5,8-9H2,1H3,(H,14,15). The highest BCUT2D eigenvalue weighted by molar-refractivity contribution is 9.09. The highest BCUT2D eigenvalue weighted by atomic mass is 79.9. The first kappa shape index (κ1) is 13.6. The van der Waals surface area contributed by atoms with Gasteiger partial charge in [-0.15, -0.1) is 11.8 Å². The summed E-state index contributed by atoms with van der Waals surface area (Å²) in [4.78, 5) is 12.7. The number of hydrogen-bond acceptors (Lipinski definition) is 2. The van der Waals surface area contributed by atoms with Crippen LogP contribution in [0.15, 0.2) is 29.2 Å². The Balaban J connectivity index is 2.49. The van der Waals surface area contributed by atoms with E-state index >= 15 is 0 Å². The molecule has 0 saturated carbocycles. The van der Waals surface area contributed by atoms with Crippen LogP contribution in [0.1, 0.15) is 19.3 Å². The quantitative estimate of drug-likeness (QED) is 0.490. The molecular weight excluding hydrogens is 286 g/mol. The van der Waals surface area contributed by atoms with Crippen LogP contribution >= 0.6 is 27.7 Å². The van der Waals surface area contributed by atoms with Crippen LogP contribution in [0.4, 0.5) is 5.69 Å². The first-order valence-electron chi connectivity index (χ1n) is 5.26. The van der Waals surface area contributed by atoms with Gasteiger partial charge in [0.25, 0.3) is 0 Å². The maximum Gasteiger partial charge on any atom is 0.224 e. The highest BCUT2D eigenvalue weighted by Crippen LogP contribution is 2.24. The zero-order valence-electron chi connectivity index (χ0n) is 9.33. The summed E-state index contributed by atoms with van der Waals surface area (Å²) in [6, 6.07) is 7.87. The predicted octanol–water partition coefficient (Wildman–Crippen LogP) is 3.91. The maximum atomic E-state index is 11.6. The molecule has 1 amide bonds.